The summed E-state index contributed by atoms with van der Waals surface area (Å²) in [6.45, 7) is 0. The number of rotatable bonds is 7. The van der Waals surface area contributed by atoms with Gasteiger partial charge in [-0.2, -0.15) is 0 Å². The number of nitrogens with zero attached hydrogens (tertiary/aromatic N) is 1. The Labute approximate surface area is 180 Å². The van der Waals surface area contributed by atoms with Gasteiger partial charge in [-0.15, -0.1) is 11.3 Å². The standard InChI is InChI=1S/C26H21NO2S/c28-26(25(21-13-6-2-7-14-21)22-15-8-3-9-16-22)29-27-23(24-17-10-18-30-24)19-20-11-4-1-5-12-20/h1-18,25H,19H2/b27-23+. The molecule has 0 N–H and O–H groups in total. The summed E-state index contributed by atoms with van der Waals surface area (Å²) >= 11 is 1.58. The third kappa shape index (κ3) is 4.91. The second-order valence-electron chi connectivity index (χ2n) is 6.84. The highest BCUT2D eigenvalue weighted by molar-refractivity contribution is 7.12. The predicted molar refractivity (Wildman–Crippen MR) is 122 cm³/mol. The molecule has 4 rings (SSSR count). The molecule has 0 atom stereocenters. The molecule has 0 saturated heterocycles. The van der Waals surface area contributed by atoms with E-state index in [1.54, 1.807) is 11.3 Å². The van der Waals surface area contributed by atoms with Crippen LogP contribution in [0.15, 0.2) is 114 Å². The monoisotopic (exact) mass is 411 g/mol. The molecule has 1 heterocycles. The molecule has 0 radical (unpaired) electrons. The van der Waals surface area contributed by atoms with Crippen LogP contribution in [0.2, 0.25) is 0 Å². The third-order valence-electron chi connectivity index (χ3n) is 4.77. The lowest BCUT2D eigenvalue weighted by Crippen LogP contribution is -2.16. The maximum absolute atomic E-state index is 13.1. The second kappa shape index (κ2) is 9.81. The maximum atomic E-state index is 13.1. The molecule has 0 spiro atoms. The van der Waals surface area contributed by atoms with E-state index in [-0.39, 0.29) is 0 Å². The van der Waals surface area contributed by atoms with Crippen LogP contribution in [0.3, 0.4) is 0 Å². The molecule has 0 aliphatic carbocycles. The molecular formula is C26H21NO2S. The first-order valence-electron chi connectivity index (χ1n) is 9.76. The van der Waals surface area contributed by atoms with Crippen molar-refractivity contribution in [1.29, 1.82) is 0 Å². The van der Waals surface area contributed by atoms with Crippen LogP contribution in [0.4, 0.5) is 0 Å². The Morgan fingerprint density at radius 3 is 1.87 bits per heavy atom. The smallest absolute Gasteiger partial charge is 0.317 e. The summed E-state index contributed by atoms with van der Waals surface area (Å²) in [5, 5.41) is 6.31. The Kier molecular flexibility index (Phi) is 6.47. The van der Waals surface area contributed by atoms with E-state index < -0.39 is 11.9 Å². The molecule has 0 aliphatic heterocycles. The molecule has 4 heteroatoms. The first kappa shape index (κ1) is 19.8. The third-order valence-corrected chi connectivity index (χ3v) is 5.69. The van der Waals surface area contributed by atoms with Crippen molar-refractivity contribution in [3.05, 3.63) is 130 Å². The average Bonchev–Trinajstić information content (AvgIpc) is 3.34. The van der Waals surface area contributed by atoms with Crippen LogP contribution in [0.1, 0.15) is 27.5 Å². The van der Waals surface area contributed by atoms with Gasteiger partial charge in [0.1, 0.15) is 11.6 Å². The molecule has 3 nitrogen and oxygen atoms in total. The molecule has 4 aromatic rings. The van der Waals surface area contributed by atoms with Crippen LogP contribution >= 0.6 is 11.3 Å². The maximum Gasteiger partial charge on any atom is 0.346 e. The lowest BCUT2D eigenvalue weighted by molar-refractivity contribution is -0.144. The first-order chi connectivity index (χ1) is 14.8. The van der Waals surface area contributed by atoms with Gasteiger partial charge >= 0.3 is 5.97 Å². The second-order valence-corrected chi connectivity index (χ2v) is 7.79. The van der Waals surface area contributed by atoms with E-state index in [9.17, 15) is 4.79 Å². The molecule has 30 heavy (non-hydrogen) atoms. The highest BCUT2D eigenvalue weighted by atomic mass is 32.1. The number of thiophene rings is 1. The summed E-state index contributed by atoms with van der Waals surface area (Å²) in [7, 11) is 0. The minimum absolute atomic E-state index is 0.394. The van der Waals surface area contributed by atoms with E-state index in [0.717, 1.165) is 27.3 Å². The van der Waals surface area contributed by atoms with E-state index >= 15 is 0 Å². The van der Waals surface area contributed by atoms with Crippen molar-refractivity contribution in [2.75, 3.05) is 0 Å². The minimum Gasteiger partial charge on any atom is -0.317 e. The molecule has 0 aliphatic rings. The van der Waals surface area contributed by atoms with Gasteiger partial charge in [-0.3, -0.25) is 0 Å². The molecule has 0 bridgehead atoms. The van der Waals surface area contributed by atoms with Crippen molar-refractivity contribution in [3.8, 4) is 0 Å². The number of benzene rings is 3. The van der Waals surface area contributed by atoms with Crippen LogP contribution in [0, 0.1) is 0 Å². The van der Waals surface area contributed by atoms with Crippen LogP contribution in [-0.4, -0.2) is 11.7 Å². The SMILES string of the molecule is O=C(O/N=C(\Cc1ccccc1)c1cccs1)C(c1ccccc1)c1ccccc1. The molecule has 0 amide bonds. The number of hydrogen-bond acceptors (Lipinski definition) is 4. The van der Waals surface area contributed by atoms with E-state index in [1.807, 2.05) is 109 Å². The Morgan fingerprint density at radius 1 is 0.767 bits per heavy atom. The van der Waals surface area contributed by atoms with Crippen molar-refractivity contribution in [2.45, 2.75) is 12.3 Å². The van der Waals surface area contributed by atoms with Gasteiger partial charge in [0.15, 0.2) is 0 Å². The van der Waals surface area contributed by atoms with E-state index in [0.29, 0.717) is 6.42 Å². The highest BCUT2D eigenvalue weighted by Gasteiger charge is 2.25. The van der Waals surface area contributed by atoms with Gasteiger partial charge in [0.25, 0.3) is 0 Å². The minimum atomic E-state index is -0.530. The van der Waals surface area contributed by atoms with Gasteiger partial charge in [-0.1, -0.05) is 102 Å². The summed E-state index contributed by atoms with van der Waals surface area (Å²) in [6, 6.07) is 33.3. The van der Waals surface area contributed by atoms with Crippen molar-refractivity contribution in [1.82, 2.24) is 0 Å². The number of carbonyl (C=O) groups is 1. The topological polar surface area (TPSA) is 38.7 Å². The summed E-state index contributed by atoms with van der Waals surface area (Å²) in [5.41, 5.74) is 3.61. The van der Waals surface area contributed by atoms with Gasteiger partial charge in [-0.25, -0.2) is 4.79 Å². The molecule has 148 valence electrons. The van der Waals surface area contributed by atoms with Crippen LogP contribution in [-0.2, 0) is 16.1 Å². The van der Waals surface area contributed by atoms with Crippen LogP contribution in [0.5, 0.6) is 0 Å². The largest absolute Gasteiger partial charge is 0.346 e. The number of hydrogen-bond donors (Lipinski definition) is 0. The van der Waals surface area contributed by atoms with Crippen molar-refractivity contribution in [2.24, 2.45) is 5.16 Å². The van der Waals surface area contributed by atoms with Gasteiger partial charge in [0.2, 0.25) is 0 Å². The van der Waals surface area contributed by atoms with Gasteiger partial charge < -0.3 is 4.84 Å². The van der Waals surface area contributed by atoms with E-state index in [2.05, 4.69) is 5.16 Å². The fourth-order valence-electron chi connectivity index (χ4n) is 3.30. The molecular weight excluding hydrogens is 390 g/mol. The van der Waals surface area contributed by atoms with Crippen molar-refractivity contribution in [3.63, 3.8) is 0 Å². The summed E-state index contributed by atoms with van der Waals surface area (Å²) < 4.78 is 0. The fraction of sp³-hybridized carbons (Fsp3) is 0.0769. The van der Waals surface area contributed by atoms with E-state index in [1.165, 1.54) is 0 Å². The Balaban J connectivity index is 1.62. The lowest BCUT2D eigenvalue weighted by Gasteiger charge is -2.15. The molecule has 0 saturated carbocycles. The predicted octanol–water partition coefficient (Wildman–Crippen LogP) is 6.07. The summed E-state index contributed by atoms with van der Waals surface area (Å²) in [6.07, 6.45) is 0.593. The number of carbonyl (C=O) groups excluding carboxylic acids is 1. The average molecular weight is 412 g/mol. The summed E-state index contributed by atoms with van der Waals surface area (Å²) in [4.78, 5) is 19.7. The lowest BCUT2D eigenvalue weighted by atomic mass is 9.91. The highest BCUT2D eigenvalue weighted by Crippen LogP contribution is 2.26. The molecule has 3 aromatic carbocycles. The number of oxime groups is 1. The fourth-order valence-corrected chi connectivity index (χ4v) is 4.01. The van der Waals surface area contributed by atoms with Crippen molar-refractivity contribution >= 4 is 23.0 Å². The van der Waals surface area contributed by atoms with Crippen LogP contribution < -0.4 is 0 Å². The summed E-state index contributed by atoms with van der Waals surface area (Å²) in [5.74, 6) is -0.924. The molecule has 1 aromatic heterocycles. The molecule has 0 unspecified atom stereocenters. The van der Waals surface area contributed by atoms with Gasteiger partial charge in [0.05, 0.1) is 4.88 Å². The normalized spacial score (nSPS) is 11.4. The van der Waals surface area contributed by atoms with Gasteiger partial charge in [-0.05, 0) is 28.1 Å². The quantitative estimate of drug-likeness (QED) is 0.210. The zero-order valence-corrected chi connectivity index (χ0v) is 17.2. The van der Waals surface area contributed by atoms with Crippen LogP contribution in [0.25, 0.3) is 0 Å². The Morgan fingerprint density at radius 2 is 1.33 bits per heavy atom. The molecule has 0 fully saturated rings. The zero-order valence-electron chi connectivity index (χ0n) is 16.3. The van der Waals surface area contributed by atoms with E-state index in [4.69, 9.17) is 4.84 Å². The Bertz CT molecular complexity index is 1050. The van der Waals surface area contributed by atoms with Gasteiger partial charge in [0, 0.05) is 6.42 Å². The van der Waals surface area contributed by atoms with Crippen molar-refractivity contribution < 1.29 is 9.63 Å². The first-order valence-corrected chi connectivity index (χ1v) is 10.6. The zero-order chi connectivity index (χ0) is 20.6. The Hall–Kier alpha value is -3.50.